The Morgan fingerprint density at radius 3 is 2.55 bits per heavy atom. The predicted molar refractivity (Wildman–Crippen MR) is 83.1 cm³/mol. The van der Waals surface area contributed by atoms with Crippen LogP contribution < -0.4 is 10.6 Å². The van der Waals surface area contributed by atoms with Gasteiger partial charge in [-0.05, 0) is 39.8 Å². The molecule has 6 heteroatoms. The highest BCUT2D eigenvalue weighted by molar-refractivity contribution is 7.11. The minimum atomic E-state index is -0.468. The lowest BCUT2D eigenvalue weighted by Gasteiger charge is -2.20. The number of hydrogen-bond acceptors (Lipinski definition) is 4. The number of carbonyl (C=O) groups excluding carboxylic acids is 1. The van der Waals surface area contributed by atoms with Gasteiger partial charge in [0.15, 0.2) is 5.96 Å². The Morgan fingerprint density at radius 1 is 1.35 bits per heavy atom. The molecule has 0 aliphatic rings. The van der Waals surface area contributed by atoms with Crippen LogP contribution in [0.15, 0.2) is 17.1 Å². The molecule has 1 heterocycles. The van der Waals surface area contributed by atoms with Gasteiger partial charge in [0.2, 0.25) is 0 Å². The first-order valence-electron chi connectivity index (χ1n) is 6.52. The number of carbonyl (C=O) groups is 1. The quantitative estimate of drug-likeness (QED) is 0.507. The fourth-order valence-electron chi connectivity index (χ4n) is 1.51. The molecule has 0 radical (unpaired) electrons. The molecule has 20 heavy (non-hydrogen) atoms. The third kappa shape index (κ3) is 6.56. The Labute approximate surface area is 124 Å². The highest BCUT2D eigenvalue weighted by Gasteiger charge is 2.16. The summed E-state index contributed by atoms with van der Waals surface area (Å²) < 4.78 is 5.22. The summed E-state index contributed by atoms with van der Waals surface area (Å²) in [5, 5.41) is 6.10. The number of esters is 1. The summed E-state index contributed by atoms with van der Waals surface area (Å²) in [7, 11) is 1.67. The summed E-state index contributed by atoms with van der Waals surface area (Å²) in [6, 6.07) is 4.16. The second-order valence-corrected chi connectivity index (χ2v) is 6.75. The molecule has 112 valence electrons. The monoisotopic (exact) mass is 297 g/mol. The van der Waals surface area contributed by atoms with Crippen molar-refractivity contribution in [3.05, 3.63) is 21.9 Å². The molecule has 0 spiro atoms. The summed E-state index contributed by atoms with van der Waals surface area (Å²) in [5.74, 6) is 0.286. The average molecular weight is 297 g/mol. The summed E-state index contributed by atoms with van der Waals surface area (Å²) >= 11 is 1.74. The zero-order chi connectivity index (χ0) is 15.2. The number of aliphatic imine (C=N–C) groups is 1. The second-order valence-electron chi connectivity index (χ2n) is 5.38. The van der Waals surface area contributed by atoms with Crippen LogP contribution in [-0.2, 0) is 16.1 Å². The van der Waals surface area contributed by atoms with Crippen LogP contribution in [0.1, 0.15) is 30.5 Å². The van der Waals surface area contributed by atoms with Crippen molar-refractivity contribution in [1.29, 1.82) is 0 Å². The highest BCUT2D eigenvalue weighted by atomic mass is 32.1. The molecular weight excluding hydrogens is 274 g/mol. The van der Waals surface area contributed by atoms with Crippen molar-refractivity contribution >= 4 is 23.3 Å². The fraction of sp³-hybridized carbons (Fsp3) is 0.571. The molecule has 0 fully saturated rings. The van der Waals surface area contributed by atoms with Crippen LogP contribution in [-0.4, -0.2) is 31.1 Å². The van der Waals surface area contributed by atoms with E-state index in [9.17, 15) is 4.79 Å². The van der Waals surface area contributed by atoms with Gasteiger partial charge < -0.3 is 15.4 Å². The molecule has 2 N–H and O–H groups in total. The van der Waals surface area contributed by atoms with Crippen molar-refractivity contribution in [3.8, 4) is 0 Å². The molecule has 0 atom stereocenters. The Hall–Kier alpha value is -1.56. The standard InChI is InChI=1S/C14H23N3O2S/c1-10-6-7-11(20-10)8-16-13(15-5)17-9-12(18)19-14(2,3)4/h6-7H,8-9H2,1-5H3,(H2,15,16,17). The number of ether oxygens (including phenoxy) is 1. The molecular formula is C14H23N3O2S. The number of aryl methyl sites for hydroxylation is 1. The van der Waals surface area contributed by atoms with Crippen molar-refractivity contribution in [2.45, 2.75) is 39.8 Å². The summed E-state index contributed by atoms with van der Waals surface area (Å²) in [5.41, 5.74) is -0.468. The van der Waals surface area contributed by atoms with Crippen molar-refractivity contribution in [2.24, 2.45) is 4.99 Å². The van der Waals surface area contributed by atoms with Crippen molar-refractivity contribution in [2.75, 3.05) is 13.6 Å². The van der Waals surface area contributed by atoms with Crippen molar-refractivity contribution in [1.82, 2.24) is 10.6 Å². The lowest BCUT2D eigenvalue weighted by molar-refractivity contribution is -0.153. The summed E-state index contributed by atoms with van der Waals surface area (Å²) in [6.45, 7) is 8.39. The van der Waals surface area contributed by atoms with Gasteiger partial charge in [0.05, 0.1) is 6.54 Å². The van der Waals surface area contributed by atoms with Crippen LogP contribution in [0.3, 0.4) is 0 Å². The minimum Gasteiger partial charge on any atom is -0.459 e. The van der Waals surface area contributed by atoms with Crippen LogP contribution in [0.4, 0.5) is 0 Å². The average Bonchev–Trinajstić information content (AvgIpc) is 2.73. The van der Waals surface area contributed by atoms with Crippen molar-refractivity contribution in [3.63, 3.8) is 0 Å². The zero-order valence-electron chi connectivity index (χ0n) is 12.7. The van der Waals surface area contributed by atoms with Crippen molar-refractivity contribution < 1.29 is 9.53 Å². The van der Waals surface area contributed by atoms with E-state index in [1.54, 1.807) is 18.4 Å². The van der Waals surface area contributed by atoms with E-state index in [1.807, 2.05) is 20.8 Å². The second kappa shape index (κ2) is 7.28. The molecule has 5 nitrogen and oxygen atoms in total. The SMILES string of the molecule is CN=C(NCC(=O)OC(C)(C)C)NCc1ccc(C)s1. The molecule has 0 saturated carbocycles. The first kappa shape index (κ1) is 16.5. The molecule has 0 saturated heterocycles. The maximum absolute atomic E-state index is 11.6. The number of guanidine groups is 1. The van der Waals surface area contributed by atoms with Gasteiger partial charge in [-0.15, -0.1) is 11.3 Å². The molecule has 0 aliphatic heterocycles. The van der Waals surface area contributed by atoms with Crippen LogP contribution in [0.5, 0.6) is 0 Å². The summed E-state index contributed by atoms with van der Waals surface area (Å²) in [6.07, 6.45) is 0. The van der Waals surface area contributed by atoms with Gasteiger partial charge in [-0.1, -0.05) is 0 Å². The third-order valence-electron chi connectivity index (χ3n) is 2.27. The Balaban J connectivity index is 2.35. The van der Waals surface area contributed by atoms with E-state index in [1.165, 1.54) is 9.75 Å². The molecule has 0 unspecified atom stereocenters. The molecule has 0 aromatic carbocycles. The molecule has 1 aromatic heterocycles. The van der Waals surface area contributed by atoms with Gasteiger partial charge in [-0.25, -0.2) is 0 Å². The van der Waals surface area contributed by atoms with E-state index < -0.39 is 5.60 Å². The number of nitrogens with one attached hydrogen (secondary N) is 2. The maximum Gasteiger partial charge on any atom is 0.325 e. The zero-order valence-corrected chi connectivity index (χ0v) is 13.6. The Morgan fingerprint density at radius 2 is 2.05 bits per heavy atom. The molecule has 0 bridgehead atoms. The predicted octanol–water partition coefficient (Wildman–Crippen LogP) is 2.06. The van der Waals surface area contributed by atoms with E-state index in [-0.39, 0.29) is 12.5 Å². The molecule has 1 rings (SSSR count). The van der Waals surface area contributed by atoms with E-state index >= 15 is 0 Å². The minimum absolute atomic E-state index is 0.0976. The number of hydrogen-bond donors (Lipinski definition) is 2. The van der Waals surface area contributed by atoms with Gasteiger partial charge >= 0.3 is 5.97 Å². The molecule has 0 amide bonds. The lowest BCUT2D eigenvalue weighted by Crippen LogP contribution is -2.41. The molecule has 0 aliphatic carbocycles. The normalized spacial score (nSPS) is 12.2. The van der Waals surface area contributed by atoms with Crippen LogP contribution in [0, 0.1) is 6.92 Å². The van der Waals surface area contributed by atoms with Crippen LogP contribution >= 0.6 is 11.3 Å². The van der Waals surface area contributed by atoms with E-state index in [2.05, 4.69) is 34.7 Å². The topological polar surface area (TPSA) is 62.7 Å². The van der Waals surface area contributed by atoms with Crippen LogP contribution in [0.25, 0.3) is 0 Å². The van der Waals surface area contributed by atoms with E-state index in [0.717, 1.165) is 0 Å². The maximum atomic E-state index is 11.6. The lowest BCUT2D eigenvalue weighted by atomic mass is 10.2. The molecule has 1 aromatic rings. The number of nitrogens with zero attached hydrogens (tertiary/aromatic N) is 1. The van der Waals surface area contributed by atoms with Gasteiger partial charge in [-0.3, -0.25) is 9.79 Å². The van der Waals surface area contributed by atoms with E-state index in [0.29, 0.717) is 12.5 Å². The largest absolute Gasteiger partial charge is 0.459 e. The first-order valence-corrected chi connectivity index (χ1v) is 7.33. The Kier molecular flexibility index (Phi) is 6.01. The summed E-state index contributed by atoms with van der Waals surface area (Å²) in [4.78, 5) is 18.2. The van der Waals surface area contributed by atoms with E-state index in [4.69, 9.17) is 4.74 Å². The number of rotatable bonds is 4. The van der Waals surface area contributed by atoms with Crippen LogP contribution in [0.2, 0.25) is 0 Å². The smallest absolute Gasteiger partial charge is 0.325 e. The Bertz CT molecular complexity index is 475. The number of thiophene rings is 1. The van der Waals surface area contributed by atoms with Gasteiger partial charge in [0.1, 0.15) is 12.1 Å². The third-order valence-corrected chi connectivity index (χ3v) is 3.27. The van der Waals surface area contributed by atoms with Gasteiger partial charge in [-0.2, -0.15) is 0 Å². The van der Waals surface area contributed by atoms with Gasteiger partial charge in [0.25, 0.3) is 0 Å². The first-order chi connectivity index (χ1) is 9.30. The highest BCUT2D eigenvalue weighted by Crippen LogP contribution is 2.14. The fourth-order valence-corrected chi connectivity index (χ4v) is 2.34. The van der Waals surface area contributed by atoms with Gasteiger partial charge in [0, 0.05) is 16.8 Å².